The Kier molecular flexibility index (Phi) is 5.77. The van der Waals surface area contributed by atoms with E-state index in [2.05, 4.69) is 10.5 Å². The van der Waals surface area contributed by atoms with Gasteiger partial charge in [0.1, 0.15) is 0 Å². The number of halogens is 3. The first-order chi connectivity index (χ1) is 11.3. The third kappa shape index (κ3) is 4.23. The van der Waals surface area contributed by atoms with E-state index in [4.69, 9.17) is 34.8 Å². The summed E-state index contributed by atoms with van der Waals surface area (Å²) in [6.45, 7) is 1.66. The quantitative estimate of drug-likeness (QED) is 0.469. The summed E-state index contributed by atoms with van der Waals surface area (Å²) in [7, 11) is 0. The van der Waals surface area contributed by atoms with Crippen molar-refractivity contribution in [2.24, 2.45) is 5.10 Å². The summed E-state index contributed by atoms with van der Waals surface area (Å²) < 4.78 is 0. The van der Waals surface area contributed by atoms with E-state index in [1.54, 1.807) is 25.1 Å². The molecule has 0 heterocycles. The van der Waals surface area contributed by atoms with Crippen molar-refractivity contribution in [1.29, 1.82) is 0 Å². The van der Waals surface area contributed by atoms with Gasteiger partial charge in [0.2, 0.25) is 0 Å². The molecule has 0 spiro atoms. The largest absolute Gasteiger partial charge is 0.272 e. The van der Waals surface area contributed by atoms with Gasteiger partial charge in [-0.1, -0.05) is 40.9 Å². The van der Waals surface area contributed by atoms with Gasteiger partial charge < -0.3 is 0 Å². The average molecular weight is 387 g/mol. The van der Waals surface area contributed by atoms with Crippen molar-refractivity contribution in [2.45, 2.75) is 6.92 Å². The Morgan fingerprint density at radius 3 is 2.29 bits per heavy atom. The van der Waals surface area contributed by atoms with Crippen LogP contribution in [0.25, 0.3) is 0 Å². The number of carbonyl (C=O) groups excluding carboxylic acids is 1. The van der Waals surface area contributed by atoms with Crippen LogP contribution in [0.15, 0.2) is 41.5 Å². The molecule has 6 nitrogen and oxygen atoms in total. The molecule has 1 amide bonds. The van der Waals surface area contributed by atoms with Crippen molar-refractivity contribution in [3.05, 3.63) is 72.7 Å². The summed E-state index contributed by atoms with van der Waals surface area (Å²) in [5.41, 5.74) is 3.27. The van der Waals surface area contributed by atoms with Gasteiger partial charge >= 0.3 is 0 Å². The summed E-state index contributed by atoms with van der Waals surface area (Å²) in [6.07, 6.45) is 0. The van der Waals surface area contributed by atoms with Crippen LogP contribution in [0.5, 0.6) is 0 Å². The van der Waals surface area contributed by atoms with Crippen LogP contribution >= 0.6 is 34.8 Å². The zero-order valence-electron chi connectivity index (χ0n) is 12.2. The van der Waals surface area contributed by atoms with Crippen molar-refractivity contribution < 1.29 is 9.72 Å². The fraction of sp³-hybridized carbons (Fsp3) is 0.0667. The van der Waals surface area contributed by atoms with Crippen LogP contribution in [-0.4, -0.2) is 16.5 Å². The molecule has 0 atom stereocenters. The van der Waals surface area contributed by atoms with Crippen LogP contribution in [0.4, 0.5) is 5.69 Å². The Bertz CT molecular complexity index is 853. The number of nitrogens with zero attached hydrogens (tertiary/aromatic N) is 2. The lowest BCUT2D eigenvalue weighted by atomic mass is 10.1. The lowest BCUT2D eigenvalue weighted by Gasteiger charge is -2.06. The molecule has 0 aliphatic rings. The number of nitro benzene ring substituents is 1. The summed E-state index contributed by atoms with van der Waals surface area (Å²) in [5.74, 6) is -0.598. The summed E-state index contributed by atoms with van der Waals surface area (Å²) >= 11 is 17.8. The van der Waals surface area contributed by atoms with Crippen molar-refractivity contribution in [3.63, 3.8) is 0 Å². The van der Waals surface area contributed by atoms with Crippen LogP contribution in [0, 0.1) is 10.1 Å². The second kappa shape index (κ2) is 7.61. The van der Waals surface area contributed by atoms with E-state index in [-0.39, 0.29) is 16.3 Å². The van der Waals surface area contributed by atoms with E-state index >= 15 is 0 Å². The molecule has 0 saturated carbocycles. The number of rotatable bonds is 4. The van der Waals surface area contributed by atoms with E-state index < -0.39 is 10.8 Å². The van der Waals surface area contributed by atoms with Crippen molar-refractivity contribution in [3.8, 4) is 0 Å². The van der Waals surface area contributed by atoms with Gasteiger partial charge in [-0.2, -0.15) is 5.10 Å². The van der Waals surface area contributed by atoms with Gasteiger partial charge in [0.05, 0.1) is 26.2 Å². The van der Waals surface area contributed by atoms with Gasteiger partial charge in [0, 0.05) is 22.7 Å². The van der Waals surface area contributed by atoms with Crippen LogP contribution in [0.2, 0.25) is 15.1 Å². The molecule has 0 fully saturated rings. The molecule has 1 N–H and O–H groups in total. The Labute approximate surface area is 152 Å². The SMILES string of the molecule is C/C(=N\NC(=O)c1ccc([N+](=O)[O-])cc1Cl)c1ccc(Cl)cc1Cl. The molecule has 2 aromatic carbocycles. The fourth-order valence-corrected chi connectivity index (χ4v) is 2.65. The molecule has 0 aromatic heterocycles. The number of non-ortho nitro benzene ring substituents is 1. The minimum Gasteiger partial charge on any atom is -0.267 e. The first-order valence-electron chi connectivity index (χ1n) is 6.53. The first-order valence-corrected chi connectivity index (χ1v) is 7.67. The molecule has 24 heavy (non-hydrogen) atoms. The number of benzene rings is 2. The average Bonchev–Trinajstić information content (AvgIpc) is 2.52. The third-order valence-electron chi connectivity index (χ3n) is 3.05. The van der Waals surface area contributed by atoms with Crippen LogP contribution in [0.1, 0.15) is 22.8 Å². The van der Waals surface area contributed by atoms with E-state index in [9.17, 15) is 14.9 Å². The highest BCUT2D eigenvalue weighted by Gasteiger charge is 2.15. The van der Waals surface area contributed by atoms with Crippen LogP contribution in [0.3, 0.4) is 0 Å². The first kappa shape index (κ1) is 18.2. The molecule has 0 radical (unpaired) electrons. The van der Waals surface area contributed by atoms with Gasteiger partial charge in [-0.05, 0) is 25.1 Å². The maximum Gasteiger partial charge on any atom is 0.272 e. The Hall–Kier alpha value is -2.15. The molecule has 0 saturated heterocycles. The molecule has 0 aliphatic heterocycles. The topological polar surface area (TPSA) is 84.6 Å². The maximum absolute atomic E-state index is 12.1. The number of hydrogen-bond acceptors (Lipinski definition) is 4. The van der Waals surface area contributed by atoms with Crippen LogP contribution < -0.4 is 5.43 Å². The predicted molar refractivity (Wildman–Crippen MR) is 94.2 cm³/mol. The number of carbonyl (C=O) groups is 1. The van der Waals surface area contributed by atoms with Crippen molar-refractivity contribution in [2.75, 3.05) is 0 Å². The van der Waals surface area contributed by atoms with Gasteiger partial charge in [-0.3, -0.25) is 14.9 Å². The molecular weight excluding hydrogens is 377 g/mol. The van der Waals surface area contributed by atoms with Gasteiger partial charge in [0.25, 0.3) is 11.6 Å². The third-order valence-corrected chi connectivity index (χ3v) is 3.91. The van der Waals surface area contributed by atoms with E-state index in [0.717, 1.165) is 6.07 Å². The second-order valence-electron chi connectivity index (χ2n) is 4.68. The Morgan fingerprint density at radius 2 is 1.71 bits per heavy atom. The smallest absolute Gasteiger partial charge is 0.267 e. The summed E-state index contributed by atoms with van der Waals surface area (Å²) in [5, 5.41) is 15.5. The minimum atomic E-state index is -0.599. The second-order valence-corrected chi connectivity index (χ2v) is 5.93. The molecule has 124 valence electrons. The van der Waals surface area contributed by atoms with Crippen LogP contribution in [-0.2, 0) is 0 Å². The van der Waals surface area contributed by atoms with Gasteiger partial charge in [-0.25, -0.2) is 5.43 Å². The van der Waals surface area contributed by atoms with Gasteiger partial charge in [-0.15, -0.1) is 0 Å². The minimum absolute atomic E-state index is 0.0425. The zero-order chi connectivity index (χ0) is 17.9. The summed E-state index contributed by atoms with van der Waals surface area (Å²) in [6, 6.07) is 8.43. The maximum atomic E-state index is 12.1. The lowest BCUT2D eigenvalue weighted by molar-refractivity contribution is -0.384. The molecular formula is C15H10Cl3N3O3. The predicted octanol–water partition coefficient (Wildman–Crippen LogP) is 4.71. The number of amides is 1. The standard InChI is InChI=1S/C15H10Cl3N3O3/c1-8(11-4-2-9(16)6-13(11)17)19-20-15(22)12-5-3-10(21(23)24)7-14(12)18/h2-7H,1H3,(H,20,22)/b19-8+. The van der Waals surface area contributed by atoms with E-state index in [0.29, 0.717) is 21.3 Å². The fourth-order valence-electron chi connectivity index (χ4n) is 1.84. The lowest BCUT2D eigenvalue weighted by Crippen LogP contribution is -2.19. The zero-order valence-corrected chi connectivity index (χ0v) is 14.5. The molecule has 0 aliphatic carbocycles. The molecule has 0 unspecified atom stereocenters. The number of nitro groups is 1. The monoisotopic (exact) mass is 385 g/mol. The van der Waals surface area contributed by atoms with E-state index in [1.165, 1.54) is 12.1 Å². The highest BCUT2D eigenvalue weighted by molar-refractivity contribution is 6.37. The van der Waals surface area contributed by atoms with Crippen molar-refractivity contribution in [1.82, 2.24) is 5.43 Å². The highest BCUT2D eigenvalue weighted by atomic mass is 35.5. The molecule has 0 bridgehead atoms. The molecule has 2 rings (SSSR count). The van der Waals surface area contributed by atoms with E-state index in [1.807, 2.05) is 0 Å². The number of nitrogens with one attached hydrogen (secondary N) is 1. The molecule has 2 aromatic rings. The summed E-state index contributed by atoms with van der Waals surface area (Å²) in [4.78, 5) is 22.2. The number of hydrogen-bond donors (Lipinski definition) is 1. The highest BCUT2D eigenvalue weighted by Crippen LogP contribution is 2.23. The molecule has 9 heteroatoms. The van der Waals surface area contributed by atoms with Gasteiger partial charge in [0.15, 0.2) is 0 Å². The Balaban J connectivity index is 2.19. The van der Waals surface area contributed by atoms with Crippen molar-refractivity contribution >= 4 is 52.1 Å². The normalized spacial score (nSPS) is 11.2. The Morgan fingerprint density at radius 1 is 1.08 bits per heavy atom. The number of hydrazone groups is 1.